The fourth-order valence-electron chi connectivity index (χ4n) is 2.40. The standard InChI is InChI=1S/C17H19F5N4OS/c1-10-4-5-12(13(8-10)27-15(18)19)24-16(28)23-6-3-7-26-11(2)9-14(25-26)17(20,21)22/h4-5,8-9,15H,3,6-7H2,1-2H3,(H2,23,24,28). The van der Waals surface area contributed by atoms with Gasteiger partial charge in [-0.25, -0.2) is 0 Å². The molecule has 0 bridgehead atoms. The highest BCUT2D eigenvalue weighted by molar-refractivity contribution is 7.80. The minimum absolute atomic E-state index is 0.0361. The second-order valence-electron chi connectivity index (χ2n) is 6.00. The SMILES string of the molecule is Cc1ccc(NC(=S)NCCCn2nc(C(F)(F)F)cc2C)c(OC(F)F)c1. The Morgan fingerprint density at radius 2 is 1.96 bits per heavy atom. The van der Waals surface area contributed by atoms with Crippen LogP contribution in [-0.4, -0.2) is 28.0 Å². The van der Waals surface area contributed by atoms with E-state index in [1.54, 1.807) is 26.0 Å². The fourth-order valence-corrected chi connectivity index (χ4v) is 2.61. The van der Waals surface area contributed by atoms with Crippen LogP contribution >= 0.6 is 12.2 Å². The van der Waals surface area contributed by atoms with Crippen molar-refractivity contribution in [2.24, 2.45) is 0 Å². The van der Waals surface area contributed by atoms with Crippen LogP contribution in [0.1, 0.15) is 23.4 Å². The van der Waals surface area contributed by atoms with Gasteiger partial charge >= 0.3 is 12.8 Å². The number of aromatic nitrogens is 2. The molecular weight excluding hydrogens is 403 g/mol. The number of aryl methyl sites for hydroxylation is 3. The number of alkyl halides is 5. The Bertz CT molecular complexity index is 822. The van der Waals surface area contributed by atoms with E-state index >= 15 is 0 Å². The van der Waals surface area contributed by atoms with E-state index in [2.05, 4.69) is 20.5 Å². The van der Waals surface area contributed by atoms with Crippen LogP contribution in [0.5, 0.6) is 5.75 Å². The summed E-state index contributed by atoms with van der Waals surface area (Å²) in [4.78, 5) is 0. The van der Waals surface area contributed by atoms with Gasteiger partial charge in [0, 0.05) is 18.8 Å². The monoisotopic (exact) mass is 422 g/mol. The molecule has 0 amide bonds. The second kappa shape index (κ2) is 9.18. The molecule has 2 N–H and O–H groups in total. The van der Waals surface area contributed by atoms with Crippen LogP contribution in [0.2, 0.25) is 0 Å². The maximum atomic E-state index is 12.6. The third-order valence-corrected chi connectivity index (χ3v) is 3.95. The highest BCUT2D eigenvalue weighted by atomic mass is 32.1. The first-order chi connectivity index (χ1) is 13.1. The van der Waals surface area contributed by atoms with Gasteiger partial charge in [0.25, 0.3) is 0 Å². The van der Waals surface area contributed by atoms with Gasteiger partial charge in [0.05, 0.1) is 5.69 Å². The van der Waals surface area contributed by atoms with Crippen molar-refractivity contribution in [3.8, 4) is 5.75 Å². The van der Waals surface area contributed by atoms with E-state index in [-0.39, 0.29) is 23.1 Å². The lowest BCUT2D eigenvalue weighted by molar-refractivity contribution is -0.141. The van der Waals surface area contributed by atoms with Crippen LogP contribution in [-0.2, 0) is 12.7 Å². The lowest BCUT2D eigenvalue weighted by atomic mass is 10.2. The van der Waals surface area contributed by atoms with Crippen molar-refractivity contribution in [1.29, 1.82) is 0 Å². The van der Waals surface area contributed by atoms with E-state index in [0.717, 1.165) is 11.6 Å². The van der Waals surface area contributed by atoms with Crippen LogP contribution in [0.15, 0.2) is 24.3 Å². The predicted molar refractivity (Wildman–Crippen MR) is 98.6 cm³/mol. The third-order valence-electron chi connectivity index (χ3n) is 3.71. The lowest BCUT2D eigenvalue weighted by Gasteiger charge is -2.15. The Labute approximate surface area is 163 Å². The van der Waals surface area contributed by atoms with Crippen LogP contribution in [0.4, 0.5) is 27.6 Å². The van der Waals surface area contributed by atoms with E-state index < -0.39 is 18.5 Å². The Balaban J connectivity index is 1.85. The number of ether oxygens (including phenoxy) is 1. The Morgan fingerprint density at radius 1 is 1.25 bits per heavy atom. The molecule has 0 aliphatic carbocycles. The molecular formula is C17H19F5N4OS. The average molecular weight is 422 g/mol. The van der Waals surface area contributed by atoms with Crippen LogP contribution in [0, 0.1) is 13.8 Å². The summed E-state index contributed by atoms with van der Waals surface area (Å²) in [5.74, 6) is -0.0361. The molecule has 11 heteroatoms. The van der Waals surface area contributed by atoms with Crippen molar-refractivity contribution in [3.05, 3.63) is 41.2 Å². The second-order valence-corrected chi connectivity index (χ2v) is 6.41. The maximum Gasteiger partial charge on any atom is 0.435 e. The molecule has 0 saturated carbocycles. The number of halogens is 5. The highest BCUT2D eigenvalue weighted by Gasteiger charge is 2.34. The van der Waals surface area contributed by atoms with Gasteiger partial charge in [-0.2, -0.15) is 27.1 Å². The zero-order valence-corrected chi connectivity index (χ0v) is 15.9. The number of nitrogens with zero attached hydrogens (tertiary/aromatic N) is 2. The molecule has 0 spiro atoms. The van der Waals surface area contributed by atoms with Crippen molar-refractivity contribution < 1.29 is 26.7 Å². The van der Waals surface area contributed by atoms with Gasteiger partial charge < -0.3 is 15.4 Å². The quantitative estimate of drug-likeness (QED) is 0.391. The van der Waals surface area contributed by atoms with Gasteiger partial charge in [-0.05, 0) is 56.2 Å². The molecule has 5 nitrogen and oxygen atoms in total. The topological polar surface area (TPSA) is 51.1 Å². The number of anilines is 1. The zero-order valence-electron chi connectivity index (χ0n) is 15.1. The largest absolute Gasteiger partial charge is 0.435 e. The lowest BCUT2D eigenvalue weighted by Crippen LogP contribution is -2.30. The Morgan fingerprint density at radius 3 is 2.57 bits per heavy atom. The molecule has 2 rings (SSSR count). The van der Waals surface area contributed by atoms with Gasteiger partial charge in [0.15, 0.2) is 10.8 Å². The summed E-state index contributed by atoms with van der Waals surface area (Å²) in [5, 5.41) is 9.35. The summed E-state index contributed by atoms with van der Waals surface area (Å²) in [6.45, 7) is 0.928. The summed E-state index contributed by atoms with van der Waals surface area (Å²) in [6.07, 6.45) is -4.03. The zero-order chi connectivity index (χ0) is 20.9. The molecule has 1 heterocycles. The van der Waals surface area contributed by atoms with Crippen LogP contribution < -0.4 is 15.4 Å². The molecule has 0 fully saturated rings. The molecule has 28 heavy (non-hydrogen) atoms. The number of nitrogens with one attached hydrogen (secondary N) is 2. The number of rotatable bonds is 7. The molecule has 1 aromatic carbocycles. The van der Waals surface area contributed by atoms with Crippen molar-refractivity contribution >= 4 is 23.0 Å². The summed E-state index contributed by atoms with van der Waals surface area (Å²) >= 11 is 5.11. The molecule has 0 unspecified atom stereocenters. The molecule has 0 atom stereocenters. The number of hydrogen-bond donors (Lipinski definition) is 2. The number of benzene rings is 1. The van der Waals surface area contributed by atoms with Crippen molar-refractivity contribution in [1.82, 2.24) is 15.1 Å². The predicted octanol–water partition coefficient (Wildman–Crippen LogP) is 4.50. The molecule has 1 aromatic heterocycles. The van der Waals surface area contributed by atoms with E-state index in [1.807, 2.05) is 0 Å². The number of hydrogen-bond acceptors (Lipinski definition) is 3. The Kier molecular flexibility index (Phi) is 7.17. The van der Waals surface area contributed by atoms with E-state index in [1.165, 1.54) is 10.7 Å². The molecule has 2 aromatic rings. The molecule has 0 saturated heterocycles. The number of thiocarbonyl (C=S) groups is 1. The van der Waals surface area contributed by atoms with Gasteiger partial charge in [-0.3, -0.25) is 4.68 Å². The van der Waals surface area contributed by atoms with E-state index in [4.69, 9.17) is 12.2 Å². The minimum atomic E-state index is -4.48. The molecule has 0 aliphatic heterocycles. The highest BCUT2D eigenvalue weighted by Crippen LogP contribution is 2.29. The Hall–Kier alpha value is -2.43. The van der Waals surface area contributed by atoms with E-state index in [9.17, 15) is 22.0 Å². The smallest absolute Gasteiger partial charge is 0.433 e. The van der Waals surface area contributed by atoms with Crippen LogP contribution in [0.3, 0.4) is 0 Å². The first kappa shape index (κ1) is 21.9. The first-order valence-electron chi connectivity index (χ1n) is 8.28. The normalized spacial score (nSPS) is 11.6. The van der Waals surface area contributed by atoms with Crippen molar-refractivity contribution in [2.75, 3.05) is 11.9 Å². The van der Waals surface area contributed by atoms with Crippen LogP contribution in [0.25, 0.3) is 0 Å². The first-order valence-corrected chi connectivity index (χ1v) is 8.69. The van der Waals surface area contributed by atoms with Crippen molar-refractivity contribution in [3.63, 3.8) is 0 Å². The van der Waals surface area contributed by atoms with Crippen molar-refractivity contribution in [2.45, 2.75) is 39.6 Å². The maximum absolute atomic E-state index is 12.6. The summed E-state index contributed by atoms with van der Waals surface area (Å²) in [5.41, 5.74) is 0.497. The average Bonchev–Trinajstić information content (AvgIpc) is 2.95. The van der Waals surface area contributed by atoms with Gasteiger partial charge in [-0.1, -0.05) is 6.07 Å². The summed E-state index contributed by atoms with van der Waals surface area (Å²) in [6, 6.07) is 5.71. The van der Waals surface area contributed by atoms with Gasteiger partial charge in [0.1, 0.15) is 5.75 Å². The molecule has 154 valence electrons. The summed E-state index contributed by atoms with van der Waals surface area (Å²) < 4.78 is 68.7. The minimum Gasteiger partial charge on any atom is -0.433 e. The van der Waals surface area contributed by atoms with E-state index in [0.29, 0.717) is 18.7 Å². The van der Waals surface area contributed by atoms with Gasteiger partial charge in [0.2, 0.25) is 0 Å². The van der Waals surface area contributed by atoms with Gasteiger partial charge in [-0.15, -0.1) is 0 Å². The summed E-state index contributed by atoms with van der Waals surface area (Å²) in [7, 11) is 0. The molecule has 0 radical (unpaired) electrons. The molecule has 0 aliphatic rings. The third kappa shape index (κ3) is 6.32. The fraction of sp³-hybridized carbons (Fsp3) is 0.412.